The Morgan fingerprint density at radius 3 is 2.52 bits per heavy atom. The summed E-state index contributed by atoms with van der Waals surface area (Å²) in [6.07, 6.45) is 6.31. The van der Waals surface area contributed by atoms with Gasteiger partial charge < -0.3 is 5.32 Å². The minimum atomic E-state index is 0.418. The molecule has 1 aromatic heterocycles. The summed E-state index contributed by atoms with van der Waals surface area (Å²) in [6, 6.07) is 14.0. The number of rotatable bonds is 4. The van der Waals surface area contributed by atoms with Crippen LogP contribution in [0.4, 0.5) is 0 Å². The van der Waals surface area contributed by atoms with Crippen LogP contribution < -0.4 is 5.32 Å². The fourth-order valence-corrected chi connectivity index (χ4v) is 3.92. The molecule has 1 fully saturated rings. The van der Waals surface area contributed by atoms with Crippen LogP contribution in [0.3, 0.4) is 0 Å². The summed E-state index contributed by atoms with van der Waals surface area (Å²) in [5, 5.41) is 3.77. The topological polar surface area (TPSA) is 24.9 Å². The van der Waals surface area contributed by atoms with E-state index in [1.165, 1.54) is 41.0 Å². The molecule has 2 heterocycles. The molecule has 1 aromatic carbocycles. The maximum Gasteiger partial charge on any atom is 0.0346 e. The first-order valence-corrected chi connectivity index (χ1v) is 8.82. The Balaban J connectivity index is 1.66. The third-order valence-corrected chi connectivity index (χ3v) is 5.16. The van der Waals surface area contributed by atoms with Crippen molar-refractivity contribution < 1.29 is 0 Å². The lowest BCUT2D eigenvalue weighted by Crippen LogP contribution is -2.34. The van der Waals surface area contributed by atoms with Gasteiger partial charge in [0.1, 0.15) is 0 Å². The highest BCUT2D eigenvalue weighted by Crippen LogP contribution is 2.23. The Bertz CT molecular complexity index is 547. The molecular weight excluding hydrogens is 276 g/mol. The Morgan fingerprint density at radius 1 is 1.10 bits per heavy atom. The van der Waals surface area contributed by atoms with Crippen LogP contribution >= 0.6 is 11.8 Å². The Kier molecular flexibility index (Phi) is 4.94. The van der Waals surface area contributed by atoms with E-state index in [1.54, 1.807) is 0 Å². The van der Waals surface area contributed by atoms with Crippen LogP contribution in [0, 0.1) is 0 Å². The van der Waals surface area contributed by atoms with Gasteiger partial charge in [-0.15, -0.1) is 0 Å². The number of nitrogens with one attached hydrogen (secondary N) is 1. The van der Waals surface area contributed by atoms with E-state index in [0.29, 0.717) is 12.1 Å². The van der Waals surface area contributed by atoms with E-state index >= 15 is 0 Å². The van der Waals surface area contributed by atoms with Gasteiger partial charge >= 0.3 is 0 Å². The van der Waals surface area contributed by atoms with Crippen LogP contribution in [-0.4, -0.2) is 22.5 Å². The molecular formula is C18H22N2S. The lowest BCUT2D eigenvalue weighted by molar-refractivity contribution is 0.431. The van der Waals surface area contributed by atoms with E-state index in [-0.39, 0.29) is 0 Å². The number of pyridine rings is 1. The summed E-state index contributed by atoms with van der Waals surface area (Å²) in [5.41, 5.74) is 3.77. The predicted octanol–water partition coefficient (Wildman–Crippen LogP) is 4.29. The Morgan fingerprint density at radius 2 is 1.86 bits per heavy atom. The van der Waals surface area contributed by atoms with Crippen molar-refractivity contribution in [3.8, 4) is 11.1 Å². The maximum absolute atomic E-state index is 4.18. The number of hydrogen-bond acceptors (Lipinski definition) is 3. The largest absolute Gasteiger partial charge is 0.307 e. The molecule has 3 rings (SSSR count). The molecule has 1 saturated heterocycles. The molecule has 2 nitrogen and oxygen atoms in total. The van der Waals surface area contributed by atoms with Crippen LogP contribution in [0.1, 0.15) is 31.4 Å². The zero-order chi connectivity index (χ0) is 14.5. The average Bonchev–Trinajstić information content (AvgIpc) is 2.57. The quantitative estimate of drug-likeness (QED) is 0.911. The number of nitrogens with zero attached hydrogens (tertiary/aromatic N) is 1. The van der Waals surface area contributed by atoms with E-state index in [4.69, 9.17) is 0 Å². The molecule has 0 radical (unpaired) electrons. The summed E-state index contributed by atoms with van der Waals surface area (Å²) in [7, 11) is 0. The standard InChI is InChI=1S/C18H22N2S/c1-14(20-18-8-11-21-12-9-18)15-4-6-16(7-5-15)17-3-2-10-19-13-17/h2-7,10,13-14,18,20H,8-9,11-12H2,1H3/t14-/m1/s1. The van der Waals surface area contributed by atoms with Crippen LogP contribution in [-0.2, 0) is 0 Å². The molecule has 0 bridgehead atoms. The zero-order valence-corrected chi connectivity index (χ0v) is 13.3. The van der Waals surface area contributed by atoms with Gasteiger partial charge in [0.25, 0.3) is 0 Å². The first-order chi connectivity index (χ1) is 10.3. The number of thioether (sulfide) groups is 1. The van der Waals surface area contributed by atoms with Gasteiger partial charge in [0.2, 0.25) is 0 Å². The van der Waals surface area contributed by atoms with Crippen molar-refractivity contribution in [1.82, 2.24) is 10.3 Å². The van der Waals surface area contributed by atoms with Crippen LogP contribution in [0.2, 0.25) is 0 Å². The molecule has 110 valence electrons. The van der Waals surface area contributed by atoms with Gasteiger partial charge in [0.05, 0.1) is 0 Å². The van der Waals surface area contributed by atoms with E-state index in [9.17, 15) is 0 Å². The minimum absolute atomic E-state index is 0.418. The van der Waals surface area contributed by atoms with E-state index in [2.05, 4.69) is 59.3 Å². The van der Waals surface area contributed by atoms with E-state index in [1.807, 2.05) is 18.5 Å². The summed E-state index contributed by atoms with van der Waals surface area (Å²) in [5.74, 6) is 2.59. The van der Waals surface area contributed by atoms with Gasteiger partial charge in [0, 0.05) is 24.5 Å². The smallest absolute Gasteiger partial charge is 0.0346 e. The molecule has 0 unspecified atom stereocenters. The van der Waals surface area contributed by atoms with Gasteiger partial charge in [-0.3, -0.25) is 4.98 Å². The molecule has 0 saturated carbocycles. The van der Waals surface area contributed by atoms with Crippen molar-refractivity contribution in [3.05, 3.63) is 54.4 Å². The van der Waals surface area contributed by atoms with Gasteiger partial charge in [-0.05, 0) is 54.0 Å². The van der Waals surface area contributed by atoms with Crippen molar-refractivity contribution in [2.45, 2.75) is 31.8 Å². The minimum Gasteiger partial charge on any atom is -0.307 e. The molecule has 21 heavy (non-hydrogen) atoms. The lowest BCUT2D eigenvalue weighted by Gasteiger charge is -2.26. The maximum atomic E-state index is 4.18. The van der Waals surface area contributed by atoms with Crippen molar-refractivity contribution >= 4 is 11.8 Å². The number of hydrogen-bond donors (Lipinski definition) is 1. The number of aromatic nitrogens is 1. The van der Waals surface area contributed by atoms with Crippen molar-refractivity contribution in [3.63, 3.8) is 0 Å². The SMILES string of the molecule is C[C@@H](NC1CCSCC1)c1ccc(-c2cccnc2)cc1. The first kappa shape index (κ1) is 14.6. The normalized spacial score (nSPS) is 17.6. The second kappa shape index (κ2) is 7.10. The highest BCUT2D eigenvalue weighted by Gasteiger charge is 2.16. The third-order valence-electron chi connectivity index (χ3n) is 4.11. The van der Waals surface area contributed by atoms with Crippen LogP contribution in [0.5, 0.6) is 0 Å². The highest BCUT2D eigenvalue weighted by molar-refractivity contribution is 7.99. The van der Waals surface area contributed by atoms with E-state index in [0.717, 1.165) is 0 Å². The van der Waals surface area contributed by atoms with Gasteiger partial charge in [-0.1, -0.05) is 30.3 Å². The molecule has 1 aliphatic rings. The van der Waals surface area contributed by atoms with E-state index < -0.39 is 0 Å². The van der Waals surface area contributed by atoms with Crippen molar-refractivity contribution in [2.75, 3.05) is 11.5 Å². The molecule has 0 amide bonds. The van der Waals surface area contributed by atoms with Crippen molar-refractivity contribution in [2.24, 2.45) is 0 Å². The van der Waals surface area contributed by atoms with Gasteiger partial charge in [-0.2, -0.15) is 11.8 Å². The zero-order valence-electron chi connectivity index (χ0n) is 12.5. The Hall–Kier alpha value is -1.32. The van der Waals surface area contributed by atoms with Gasteiger partial charge in [-0.25, -0.2) is 0 Å². The monoisotopic (exact) mass is 298 g/mol. The molecule has 1 N–H and O–H groups in total. The number of benzene rings is 1. The average molecular weight is 298 g/mol. The molecule has 3 heteroatoms. The Labute approximate surface area is 131 Å². The lowest BCUT2D eigenvalue weighted by atomic mass is 10.0. The second-order valence-electron chi connectivity index (χ2n) is 5.64. The fraction of sp³-hybridized carbons (Fsp3) is 0.389. The highest BCUT2D eigenvalue weighted by atomic mass is 32.2. The predicted molar refractivity (Wildman–Crippen MR) is 91.6 cm³/mol. The fourth-order valence-electron chi connectivity index (χ4n) is 2.81. The van der Waals surface area contributed by atoms with Crippen LogP contribution in [0.25, 0.3) is 11.1 Å². The summed E-state index contributed by atoms with van der Waals surface area (Å²) in [6.45, 7) is 2.26. The molecule has 1 aliphatic heterocycles. The van der Waals surface area contributed by atoms with Gasteiger partial charge in [0.15, 0.2) is 0 Å². The summed E-state index contributed by atoms with van der Waals surface area (Å²) >= 11 is 2.08. The molecule has 1 atom stereocenters. The summed E-state index contributed by atoms with van der Waals surface area (Å²) < 4.78 is 0. The summed E-state index contributed by atoms with van der Waals surface area (Å²) in [4.78, 5) is 4.18. The molecule has 0 aliphatic carbocycles. The first-order valence-electron chi connectivity index (χ1n) is 7.67. The third kappa shape index (κ3) is 3.86. The molecule has 2 aromatic rings. The second-order valence-corrected chi connectivity index (χ2v) is 6.86. The van der Waals surface area contributed by atoms with Crippen molar-refractivity contribution in [1.29, 1.82) is 0 Å². The van der Waals surface area contributed by atoms with Crippen LogP contribution in [0.15, 0.2) is 48.8 Å². The molecule has 0 spiro atoms.